The Hall–Kier alpha value is -0.393. The SMILES string of the molecule is CCO[Si](CCCC(F)(F)C(F)(F)C(F)(F)F)(OCC)OCC. The molecule has 0 unspecified atom stereocenters. The quantitative estimate of drug-likeness (QED) is 0.389. The Balaban J connectivity index is 4.93. The summed E-state index contributed by atoms with van der Waals surface area (Å²) in [5.41, 5.74) is 0. The van der Waals surface area contributed by atoms with Crippen molar-refractivity contribution < 1.29 is 44.0 Å². The van der Waals surface area contributed by atoms with Gasteiger partial charge < -0.3 is 13.3 Å². The van der Waals surface area contributed by atoms with Gasteiger partial charge in [0.2, 0.25) is 0 Å². The Bertz CT molecular complexity index is 331. The summed E-state index contributed by atoms with van der Waals surface area (Å²) in [5.74, 6) is -11.3. The normalized spacial score (nSPS) is 14.3. The maximum Gasteiger partial charge on any atom is 0.500 e. The van der Waals surface area contributed by atoms with E-state index >= 15 is 0 Å². The smallest absolute Gasteiger partial charge is 0.374 e. The summed E-state index contributed by atoms with van der Waals surface area (Å²) in [6.07, 6.45) is -8.61. The van der Waals surface area contributed by atoms with Crippen LogP contribution in [0.3, 0.4) is 0 Å². The van der Waals surface area contributed by atoms with Crippen LogP contribution in [0.1, 0.15) is 33.6 Å². The molecule has 3 nitrogen and oxygen atoms in total. The fourth-order valence-electron chi connectivity index (χ4n) is 1.89. The second kappa shape index (κ2) is 8.63. The van der Waals surface area contributed by atoms with E-state index in [1.54, 1.807) is 20.8 Å². The summed E-state index contributed by atoms with van der Waals surface area (Å²) < 4.78 is 104. The summed E-state index contributed by atoms with van der Waals surface area (Å²) in [7, 11) is -3.36. The molecule has 0 saturated heterocycles. The van der Waals surface area contributed by atoms with Crippen LogP contribution in [0.5, 0.6) is 0 Å². The molecule has 0 bridgehead atoms. The molecule has 0 aromatic carbocycles. The summed E-state index contributed by atoms with van der Waals surface area (Å²) in [6.45, 7) is 5.23. The molecule has 0 amide bonds. The van der Waals surface area contributed by atoms with Crippen molar-refractivity contribution >= 4 is 8.80 Å². The van der Waals surface area contributed by atoms with Crippen molar-refractivity contribution in [1.82, 2.24) is 0 Å². The molecule has 0 spiro atoms. The van der Waals surface area contributed by atoms with Crippen LogP contribution in [0, 0.1) is 0 Å². The molecule has 0 rings (SSSR count). The van der Waals surface area contributed by atoms with Gasteiger partial charge in [-0.3, -0.25) is 0 Å². The zero-order chi connectivity index (χ0) is 18.4. The molecule has 0 aliphatic carbocycles. The van der Waals surface area contributed by atoms with Crippen LogP contribution < -0.4 is 0 Å². The first-order valence-electron chi connectivity index (χ1n) is 7.13. The highest BCUT2D eigenvalue weighted by Crippen LogP contribution is 2.48. The van der Waals surface area contributed by atoms with Gasteiger partial charge in [0.15, 0.2) is 0 Å². The number of halogens is 7. The van der Waals surface area contributed by atoms with E-state index in [4.69, 9.17) is 13.3 Å². The maximum absolute atomic E-state index is 13.3. The molecule has 0 saturated carbocycles. The molecule has 0 aromatic rings. The van der Waals surface area contributed by atoms with Crippen molar-refractivity contribution in [2.45, 2.75) is 57.7 Å². The average Bonchev–Trinajstić information content (AvgIpc) is 2.37. The Morgan fingerprint density at radius 3 is 1.43 bits per heavy atom. The molecule has 11 heteroatoms. The van der Waals surface area contributed by atoms with Gasteiger partial charge in [0.25, 0.3) is 0 Å². The highest BCUT2D eigenvalue weighted by molar-refractivity contribution is 6.60. The van der Waals surface area contributed by atoms with E-state index in [-0.39, 0.29) is 25.9 Å². The lowest BCUT2D eigenvalue weighted by Crippen LogP contribution is -2.52. The van der Waals surface area contributed by atoms with Gasteiger partial charge in [0.05, 0.1) is 0 Å². The van der Waals surface area contributed by atoms with E-state index in [0.717, 1.165) is 0 Å². The molecule has 0 N–H and O–H groups in total. The lowest BCUT2D eigenvalue weighted by Gasteiger charge is -2.31. The van der Waals surface area contributed by atoms with Crippen LogP contribution >= 0.6 is 0 Å². The van der Waals surface area contributed by atoms with Crippen LogP contribution in [-0.4, -0.2) is 46.6 Å². The summed E-state index contributed by atoms with van der Waals surface area (Å²) >= 11 is 0. The molecule has 0 fully saturated rings. The number of rotatable bonds is 11. The van der Waals surface area contributed by atoms with Crippen molar-refractivity contribution in [3.05, 3.63) is 0 Å². The van der Waals surface area contributed by atoms with Crippen molar-refractivity contribution in [3.63, 3.8) is 0 Å². The van der Waals surface area contributed by atoms with Crippen LogP contribution in [0.4, 0.5) is 30.7 Å². The van der Waals surface area contributed by atoms with Gasteiger partial charge in [-0.1, -0.05) is 0 Å². The molecular formula is C12H21F7O3Si. The summed E-state index contributed by atoms with van der Waals surface area (Å²) in [6, 6.07) is -0.272. The van der Waals surface area contributed by atoms with E-state index in [1.807, 2.05) is 0 Å². The molecule has 0 atom stereocenters. The fraction of sp³-hybridized carbons (Fsp3) is 1.00. The Labute approximate surface area is 131 Å². The fourth-order valence-corrected chi connectivity index (χ4v) is 4.50. The van der Waals surface area contributed by atoms with Crippen LogP contribution in [-0.2, 0) is 13.3 Å². The van der Waals surface area contributed by atoms with Gasteiger partial charge in [-0.2, -0.15) is 30.7 Å². The molecule has 0 aliphatic heterocycles. The zero-order valence-electron chi connectivity index (χ0n) is 13.1. The predicted molar refractivity (Wildman–Crippen MR) is 70.6 cm³/mol. The third-order valence-corrected chi connectivity index (χ3v) is 6.03. The third-order valence-electron chi connectivity index (χ3n) is 2.88. The van der Waals surface area contributed by atoms with Crippen molar-refractivity contribution in [1.29, 1.82) is 0 Å². The van der Waals surface area contributed by atoms with Gasteiger partial charge in [0, 0.05) is 32.3 Å². The summed E-state index contributed by atoms with van der Waals surface area (Å²) in [5, 5.41) is 0. The zero-order valence-corrected chi connectivity index (χ0v) is 14.1. The van der Waals surface area contributed by atoms with E-state index in [0.29, 0.717) is 0 Å². The second-order valence-electron chi connectivity index (χ2n) is 4.61. The van der Waals surface area contributed by atoms with Crippen molar-refractivity contribution in [2.75, 3.05) is 19.8 Å². The first kappa shape index (κ1) is 22.6. The molecule has 0 aromatic heterocycles. The first-order valence-corrected chi connectivity index (χ1v) is 9.06. The Morgan fingerprint density at radius 1 is 0.739 bits per heavy atom. The van der Waals surface area contributed by atoms with Gasteiger partial charge in [-0.25, -0.2) is 0 Å². The number of alkyl halides is 7. The van der Waals surface area contributed by atoms with Crippen molar-refractivity contribution in [2.24, 2.45) is 0 Å². The van der Waals surface area contributed by atoms with E-state index in [9.17, 15) is 30.7 Å². The van der Waals surface area contributed by atoms with Crippen LogP contribution in [0.15, 0.2) is 0 Å². The highest BCUT2D eigenvalue weighted by Gasteiger charge is 2.72. The van der Waals surface area contributed by atoms with Gasteiger partial charge in [0.1, 0.15) is 0 Å². The minimum atomic E-state index is -6.31. The summed E-state index contributed by atoms with van der Waals surface area (Å²) in [4.78, 5) is 0. The number of hydrogen-bond acceptors (Lipinski definition) is 3. The largest absolute Gasteiger partial charge is 0.500 e. The lowest BCUT2D eigenvalue weighted by atomic mass is 10.1. The Morgan fingerprint density at radius 2 is 1.13 bits per heavy atom. The van der Waals surface area contributed by atoms with E-state index in [2.05, 4.69) is 0 Å². The maximum atomic E-state index is 13.3. The predicted octanol–water partition coefficient (Wildman–Crippen LogP) is 4.65. The average molecular weight is 374 g/mol. The lowest BCUT2D eigenvalue weighted by molar-refractivity contribution is -0.355. The topological polar surface area (TPSA) is 27.7 Å². The van der Waals surface area contributed by atoms with Gasteiger partial charge in [-0.15, -0.1) is 0 Å². The molecular weight excluding hydrogens is 353 g/mol. The number of hydrogen-bond donors (Lipinski definition) is 0. The monoisotopic (exact) mass is 374 g/mol. The van der Waals surface area contributed by atoms with Gasteiger partial charge >= 0.3 is 26.8 Å². The first-order chi connectivity index (χ1) is 10.4. The third kappa shape index (κ3) is 5.87. The molecule has 23 heavy (non-hydrogen) atoms. The molecule has 0 radical (unpaired) electrons. The molecule has 140 valence electrons. The van der Waals surface area contributed by atoms with Crippen LogP contribution in [0.25, 0.3) is 0 Å². The van der Waals surface area contributed by atoms with Crippen molar-refractivity contribution in [3.8, 4) is 0 Å². The van der Waals surface area contributed by atoms with Gasteiger partial charge in [-0.05, 0) is 27.2 Å². The molecule has 0 heterocycles. The van der Waals surface area contributed by atoms with Crippen LogP contribution in [0.2, 0.25) is 6.04 Å². The second-order valence-corrected chi connectivity index (χ2v) is 7.34. The molecule has 0 aliphatic rings. The minimum absolute atomic E-state index is 0.140. The highest BCUT2D eigenvalue weighted by atomic mass is 28.4. The van der Waals surface area contributed by atoms with E-state index < -0.39 is 39.7 Å². The van der Waals surface area contributed by atoms with E-state index in [1.165, 1.54) is 0 Å². The Kier molecular flexibility index (Phi) is 8.48. The standard InChI is InChI=1S/C12H21F7O3Si/c1-4-20-23(21-5-2,22-6-3)9-7-8-10(13,14)11(15,16)12(17,18)19/h4-9H2,1-3H3. The minimum Gasteiger partial charge on any atom is -0.374 e.